The first-order chi connectivity index (χ1) is 12.2. The molecule has 0 unspecified atom stereocenters. The van der Waals surface area contributed by atoms with Gasteiger partial charge in [0.2, 0.25) is 5.88 Å². The number of aromatic nitrogens is 4. The Morgan fingerprint density at radius 1 is 1.00 bits per heavy atom. The van der Waals surface area contributed by atoms with Crippen LogP contribution in [-0.4, -0.2) is 19.7 Å². The summed E-state index contributed by atoms with van der Waals surface area (Å²) in [6, 6.07) is 15.4. The number of fused-ring (bicyclic) bond motifs is 1. The largest absolute Gasteiger partial charge is 0.438 e. The van der Waals surface area contributed by atoms with E-state index < -0.39 is 0 Å². The van der Waals surface area contributed by atoms with Crippen molar-refractivity contribution in [1.29, 1.82) is 0 Å². The van der Waals surface area contributed by atoms with Crippen molar-refractivity contribution in [3.05, 3.63) is 71.6 Å². The molecule has 0 fully saturated rings. The highest BCUT2D eigenvalue weighted by atomic mass is 35.5. The minimum Gasteiger partial charge on any atom is -0.438 e. The average molecular weight is 351 g/mol. The molecule has 0 spiro atoms. The van der Waals surface area contributed by atoms with E-state index in [9.17, 15) is 0 Å². The highest BCUT2D eigenvalue weighted by Gasteiger charge is 2.12. The lowest BCUT2D eigenvalue weighted by molar-refractivity contribution is 0.468. The maximum atomic E-state index is 5.95. The second-order valence-electron chi connectivity index (χ2n) is 5.55. The summed E-state index contributed by atoms with van der Waals surface area (Å²) >= 11 is 5.95. The zero-order valence-electron chi connectivity index (χ0n) is 13.6. The van der Waals surface area contributed by atoms with Crippen molar-refractivity contribution in [2.75, 3.05) is 0 Å². The Balaban J connectivity index is 1.72. The molecule has 0 aliphatic heterocycles. The van der Waals surface area contributed by atoms with Gasteiger partial charge in [-0.05, 0) is 48.4 Å². The van der Waals surface area contributed by atoms with E-state index in [4.69, 9.17) is 16.3 Å². The molecule has 0 aliphatic carbocycles. The molecule has 0 N–H and O–H groups in total. The first kappa shape index (κ1) is 15.6. The normalized spacial score (nSPS) is 11.0. The second-order valence-corrected chi connectivity index (χ2v) is 5.98. The quantitative estimate of drug-likeness (QED) is 0.529. The Labute approximate surface area is 149 Å². The monoisotopic (exact) mass is 350 g/mol. The Kier molecular flexibility index (Phi) is 4.07. The third-order valence-electron chi connectivity index (χ3n) is 3.95. The van der Waals surface area contributed by atoms with Crippen molar-refractivity contribution in [2.45, 2.75) is 13.3 Å². The Bertz CT molecular complexity index is 1010. The number of hydrogen-bond acceptors (Lipinski definition) is 4. The van der Waals surface area contributed by atoms with Crippen molar-refractivity contribution >= 4 is 22.6 Å². The first-order valence-corrected chi connectivity index (χ1v) is 8.34. The van der Waals surface area contributed by atoms with Crippen LogP contribution in [0.2, 0.25) is 5.02 Å². The number of rotatable bonds is 4. The van der Waals surface area contributed by atoms with Gasteiger partial charge < -0.3 is 4.74 Å². The Morgan fingerprint density at radius 3 is 2.48 bits per heavy atom. The van der Waals surface area contributed by atoms with Gasteiger partial charge in [0, 0.05) is 5.02 Å². The zero-order chi connectivity index (χ0) is 17.2. The van der Waals surface area contributed by atoms with Crippen LogP contribution in [0.4, 0.5) is 0 Å². The summed E-state index contributed by atoms with van der Waals surface area (Å²) < 4.78 is 7.67. The molecule has 0 saturated heterocycles. The van der Waals surface area contributed by atoms with Crippen LogP contribution in [0.15, 0.2) is 61.1 Å². The first-order valence-electron chi connectivity index (χ1n) is 7.96. The van der Waals surface area contributed by atoms with Crippen LogP contribution in [0.1, 0.15) is 12.5 Å². The third kappa shape index (κ3) is 3.06. The zero-order valence-corrected chi connectivity index (χ0v) is 14.3. The predicted molar refractivity (Wildman–Crippen MR) is 97.6 cm³/mol. The summed E-state index contributed by atoms with van der Waals surface area (Å²) in [5.41, 5.74) is 2.81. The highest BCUT2D eigenvalue weighted by Crippen LogP contribution is 2.28. The van der Waals surface area contributed by atoms with Gasteiger partial charge in [-0.15, -0.1) is 0 Å². The van der Waals surface area contributed by atoms with Crippen molar-refractivity contribution < 1.29 is 4.74 Å². The fraction of sp³-hybridized carbons (Fsp3) is 0.105. The maximum absolute atomic E-state index is 5.95. The number of ether oxygens (including phenoxy) is 1. The molecule has 6 heteroatoms. The van der Waals surface area contributed by atoms with Gasteiger partial charge >= 0.3 is 0 Å². The molecule has 2 heterocycles. The lowest BCUT2D eigenvalue weighted by Crippen LogP contribution is -1.98. The third-order valence-corrected chi connectivity index (χ3v) is 4.20. The van der Waals surface area contributed by atoms with Crippen LogP contribution in [0.5, 0.6) is 11.6 Å². The summed E-state index contributed by atoms with van der Waals surface area (Å²) in [4.78, 5) is 8.60. The molecule has 0 atom stereocenters. The molecule has 0 amide bonds. The second kappa shape index (κ2) is 6.53. The fourth-order valence-corrected chi connectivity index (χ4v) is 2.71. The minimum absolute atomic E-state index is 0.481. The van der Waals surface area contributed by atoms with Gasteiger partial charge in [0.25, 0.3) is 0 Å². The van der Waals surface area contributed by atoms with E-state index in [-0.39, 0.29) is 0 Å². The molecule has 25 heavy (non-hydrogen) atoms. The molecular weight excluding hydrogens is 336 g/mol. The van der Waals surface area contributed by atoms with E-state index in [2.05, 4.69) is 22.0 Å². The Hall–Kier alpha value is -2.92. The lowest BCUT2D eigenvalue weighted by atomic mass is 10.2. The van der Waals surface area contributed by atoms with E-state index in [0.29, 0.717) is 16.5 Å². The van der Waals surface area contributed by atoms with E-state index in [1.54, 1.807) is 10.9 Å². The van der Waals surface area contributed by atoms with Gasteiger partial charge in [-0.2, -0.15) is 5.10 Å². The molecule has 0 aliphatic rings. The molecule has 4 aromatic rings. The molecular formula is C19H15ClN4O. The SMILES string of the molecule is CCc1ccc(Oc2ncnc3c2cnn3-c2ccc(Cl)cc2)cc1. The number of aryl methyl sites for hydroxylation is 1. The summed E-state index contributed by atoms with van der Waals surface area (Å²) in [6.07, 6.45) is 4.18. The van der Waals surface area contributed by atoms with E-state index >= 15 is 0 Å². The number of nitrogens with zero attached hydrogens (tertiary/aromatic N) is 4. The molecule has 124 valence electrons. The molecule has 0 radical (unpaired) electrons. The fourth-order valence-electron chi connectivity index (χ4n) is 2.58. The van der Waals surface area contributed by atoms with Crippen LogP contribution < -0.4 is 4.74 Å². The highest BCUT2D eigenvalue weighted by molar-refractivity contribution is 6.30. The molecule has 0 bridgehead atoms. The van der Waals surface area contributed by atoms with Crippen molar-refractivity contribution in [3.63, 3.8) is 0 Å². The predicted octanol–water partition coefficient (Wildman–Crippen LogP) is 4.82. The van der Waals surface area contributed by atoms with Crippen LogP contribution in [0, 0.1) is 0 Å². The summed E-state index contributed by atoms with van der Waals surface area (Å²) in [5, 5.41) is 5.84. The smallest absolute Gasteiger partial charge is 0.233 e. The van der Waals surface area contributed by atoms with Gasteiger partial charge in [0.05, 0.1) is 11.9 Å². The molecule has 4 rings (SSSR count). The standard InChI is InChI=1S/C19H15ClN4O/c1-2-13-3-9-16(10-4-13)25-19-17-11-23-24(18(17)21-12-22-19)15-7-5-14(20)6-8-15/h3-12H,2H2,1H3. The number of halogens is 1. The van der Waals surface area contributed by atoms with Crippen LogP contribution in [0.25, 0.3) is 16.7 Å². The van der Waals surface area contributed by atoms with Gasteiger partial charge in [-0.3, -0.25) is 0 Å². The van der Waals surface area contributed by atoms with E-state index in [0.717, 1.165) is 23.2 Å². The van der Waals surface area contributed by atoms with Crippen molar-refractivity contribution in [1.82, 2.24) is 19.7 Å². The average Bonchev–Trinajstić information content (AvgIpc) is 3.08. The van der Waals surface area contributed by atoms with Crippen LogP contribution >= 0.6 is 11.6 Å². The molecule has 2 aromatic heterocycles. The minimum atomic E-state index is 0.481. The maximum Gasteiger partial charge on any atom is 0.233 e. The summed E-state index contributed by atoms with van der Waals surface area (Å²) in [7, 11) is 0. The van der Waals surface area contributed by atoms with Gasteiger partial charge in [0.15, 0.2) is 5.65 Å². The van der Waals surface area contributed by atoms with Crippen LogP contribution in [-0.2, 0) is 6.42 Å². The van der Waals surface area contributed by atoms with Crippen molar-refractivity contribution in [2.24, 2.45) is 0 Å². The van der Waals surface area contributed by atoms with Gasteiger partial charge in [0.1, 0.15) is 17.5 Å². The number of benzene rings is 2. The molecule has 5 nitrogen and oxygen atoms in total. The summed E-state index contributed by atoms with van der Waals surface area (Å²) in [5.74, 6) is 1.21. The summed E-state index contributed by atoms with van der Waals surface area (Å²) in [6.45, 7) is 2.12. The van der Waals surface area contributed by atoms with Crippen molar-refractivity contribution in [3.8, 4) is 17.3 Å². The number of hydrogen-bond donors (Lipinski definition) is 0. The topological polar surface area (TPSA) is 52.8 Å². The van der Waals surface area contributed by atoms with E-state index in [1.807, 2.05) is 48.5 Å². The lowest BCUT2D eigenvalue weighted by Gasteiger charge is -2.07. The van der Waals surface area contributed by atoms with Gasteiger partial charge in [-0.25, -0.2) is 14.6 Å². The Morgan fingerprint density at radius 2 is 1.76 bits per heavy atom. The van der Waals surface area contributed by atoms with Crippen LogP contribution in [0.3, 0.4) is 0 Å². The molecule has 2 aromatic carbocycles. The van der Waals surface area contributed by atoms with Gasteiger partial charge in [-0.1, -0.05) is 30.7 Å². The molecule has 0 saturated carbocycles. The van der Waals surface area contributed by atoms with E-state index in [1.165, 1.54) is 11.9 Å².